The molecule has 0 saturated carbocycles. The van der Waals surface area contributed by atoms with E-state index in [2.05, 4.69) is 60.9 Å². The zero-order chi connectivity index (χ0) is 14.9. The van der Waals surface area contributed by atoms with E-state index in [1.165, 1.54) is 5.56 Å². The number of benzene rings is 1. The van der Waals surface area contributed by atoms with Crippen molar-refractivity contribution < 1.29 is 5.11 Å². The SMILES string of the molecule is CC(C)c1ccc(C(O)c2c(Br)cnn2C(C)C)cc1. The summed E-state index contributed by atoms with van der Waals surface area (Å²) in [7, 11) is 0. The Morgan fingerprint density at radius 2 is 1.60 bits per heavy atom. The first-order valence-corrected chi connectivity index (χ1v) is 7.72. The smallest absolute Gasteiger partial charge is 0.122 e. The summed E-state index contributed by atoms with van der Waals surface area (Å²) in [5.74, 6) is 0.495. The van der Waals surface area contributed by atoms with E-state index >= 15 is 0 Å². The van der Waals surface area contributed by atoms with Crippen molar-refractivity contribution in [2.45, 2.75) is 45.8 Å². The van der Waals surface area contributed by atoms with Crippen LogP contribution >= 0.6 is 15.9 Å². The van der Waals surface area contributed by atoms with Gasteiger partial charge in [0.05, 0.1) is 16.4 Å². The summed E-state index contributed by atoms with van der Waals surface area (Å²) < 4.78 is 2.69. The van der Waals surface area contributed by atoms with E-state index in [-0.39, 0.29) is 6.04 Å². The van der Waals surface area contributed by atoms with Crippen molar-refractivity contribution in [1.29, 1.82) is 0 Å². The fourth-order valence-electron chi connectivity index (χ4n) is 2.24. The molecular formula is C16H21BrN2O. The molecule has 1 aromatic heterocycles. The van der Waals surface area contributed by atoms with Gasteiger partial charge in [0.2, 0.25) is 0 Å². The van der Waals surface area contributed by atoms with Gasteiger partial charge < -0.3 is 5.11 Å². The molecule has 1 aromatic carbocycles. The standard InChI is InChI=1S/C16H21BrN2O/c1-10(2)12-5-7-13(8-6-12)16(20)15-14(17)9-18-19(15)11(3)4/h5-11,16,20H,1-4H3. The van der Waals surface area contributed by atoms with Crippen LogP contribution in [0, 0.1) is 0 Å². The molecule has 0 amide bonds. The van der Waals surface area contributed by atoms with Crippen LogP contribution in [0.25, 0.3) is 0 Å². The summed E-state index contributed by atoms with van der Waals surface area (Å²) in [6.45, 7) is 8.43. The first-order valence-electron chi connectivity index (χ1n) is 6.92. The third kappa shape index (κ3) is 2.96. The molecule has 20 heavy (non-hydrogen) atoms. The van der Waals surface area contributed by atoms with Crippen LogP contribution in [-0.2, 0) is 0 Å². The first-order chi connectivity index (χ1) is 9.41. The highest BCUT2D eigenvalue weighted by Crippen LogP contribution is 2.31. The summed E-state index contributed by atoms with van der Waals surface area (Å²) >= 11 is 3.48. The molecule has 1 atom stereocenters. The monoisotopic (exact) mass is 336 g/mol. The van der Waals surface area contributed by atoms with Gasteiger partial charge in [0.15, 0.2) is 0 Å². The Kier molecular flexibility index (Phi) is 4.66. The van der Waals surface area contributed by atoms with Crippen molar-refractivity contribution in [2.24, 2.45) is 0 Å². The highest BCUT2D eigenvalue weighted by atomic mass is 79.9. The maximum Gasteiger partial charge on any atom is 0.122 e. The highest BCUT2D eigenvalue weighted by molar-refractivity contribution is 9.10. The number of nitrogens with zero attached hydrogens (tertiary/aromatic N) is 2. The lowest BCUT2D eigenvalue weighted by Gasteiger charge is -2.17. The second-order valence-corrected chi connectivity index (χ2v) is 6.49. The fourth-order valence-corrected chi connectivity index (χ4v) is 2.73. The quantitative estimate of drug-likeness (QED) is 0.896. The van der Waals surface area contributed by atoms with Crippen LogP contribution in [-0.4, -0.2) is 14.9 Å². The van der Waals surface area contributed by atoms with Gasteiger partial charge in [0.1, 0.15) is 6.10 Å². The topological polar surface area (TPSA) is 38.1 Å². The van der Waals surface area contributed by atoms with Crippen molar-refractivity contribution in [3.05, 3.63) is 51.8 Å². The average molecular weight is 337 g/mol. The Balaban J connectivity index is 2.36. The van der Waals surface area contributed by atoms with E-state index in [1.54, 1.807) is 6.20 Å². The van der Waals surface area contributed by atoms with Gasteiger partial charge >= 0.3 is 0 Å². The van der Waals surface area contributed by atoms with Gasteiger partial charge in [-0.15, -0.1) is 0 Å². The normalized spacial score (nSPS) is 13.2. The molecule has 1 N–H and O–H groups in total. The fraction of sp³-hybridized carbons (Fsp3) is 0.438. The van der Waals surface area contributed by atoms with Crippen LogP contribution in [0.2, 0.25) is 0 Å². The van der Waals surface area contributed by atoms with Crippen molar-refractivity contribution >= 4 is 15.9 Å². The zero-order valence-electron chi connectivity index (χ0n) is 12.3. The Hall–Kier alpha value is -1.13. The third-order valence-electron chi connectivity index (χ3n) is 3.45. The second kappa shape index (κ2) is 6.10. The Morgan fingerprint density at radius 1 is 1.05 bits per heavy atom. The van der Waals surface area contributed by atoms with Crippen molar-refractivity contribution in [1.82, 2.24) is 9.78 Å². The van der Waals surface area contributed by atoms with E-state index in [0.717, 1.165) is 15.7 Å². The van der Waals surface area contributed by atoms with Gasteiger partial charge in [-0.3, -0.25) is 4.68 Å². The minimum atomic E-state index is -0.671. The molecule has 108 valence electrons. The minimum Gasteiger partial charge on any atom is -0.382 e. The first kappa shape index (κ1) is 15.3. The lowest BCUT2D eigenvalue weighted by molar-refractivity contribution is 0.204. The number of hydrogen-bond acceptors (Lipinski definition) is 2. The lowest BCUT2D eigenvalue weighted by atomic mass is 9.99. The summed E-state index contributed by atoms with van der Waals surface area (Å²) in [6, 6.07) is 8.34. The number of hydrogen-bond donors (Lipinski definition) is 1. The van der Waals surface area contributed by atoms with Crippen molar-refractivity contribution in [3.63, 3.8) is 0 Å². The number of rotatable bonds is 4. The van der Waals surface area contributed by atoms with Gasteiger partial charge in [-0.2, -0.15) is 5.10 Å². The molecule has 1 unspecified atom stereocenters. The molecule has 2 aromatic rings. The molecule has 0 saturated heterocycles. The molecule has 0 aliphatic rings. The Morgan fingerprint density at radius 3 is 2.10 bits per heavy atom. The van der Waals surface area contributed by atoms with Gasteiger partial charge in [0, 0.05) is 6.04 Å². The number of aromatic nitrogens is 2. The van der Waals surface area contributed by atoms with E-state index in [4.69, 9.17) is 0 Å². The maximum absolute atomic E-state index is 10.6. The minimum absolute atomic E-state index is 0.209. The second-order valence-electron chi connectivity index (χ2n) is 5.64. The zero-order valence-corrected chi connectivity index (χ0v) is 13.9. The highest BCUT2D eigenvalue weighted by Gasteiger charge is 2.21. The molecule has 1 heterocycles. The lowest BCUT2D eigenvalue weighted by Crippen LogP contribution is -2.12. The predicted octanol–water partition coefficient (Wildman–Crippen LogP) is 4.43. The van der Waals surface area contributed by atoms with Crippen LogP contribution in [0.1, 0.15) is 62.6 Å². The van der Waals surface area contributed by atoms with E-state index < -0.39 is 6.10 Å². The molecule has 2 rings (SSSR count). The summed E-state index contributed by atoms with van der Waals surface area (Å²) in [5.41, 5.74) is 2.96. The third-order valence-corrected chi connectivity index (χ3v) is 4.07. The van der Waals surface area contributed by atoms with Gasteiger partial charge in [0.25, 0.3) is 0 Å². The van der Waals surface area contributed by atoms with Crippen LogP contribution in [0.15, 0.2) is 34.9 Å². The van der Waals surface area contributed by atoms with Crippen LogP contribution in [0.3, 0.4) is 0 Å². The molecular weight excluding hydrogens is 316 g/mol. The largest absolute Gasteiger partial charge is 0.382 e. The van der Waals surface area contributed by atoms with E-state index in [1.807, 2.05) is 16.8 Å². The van der Waals surface area contributed by atoms with Crippen molar-refractivity contribution in [3.8, 4) is 0 Å². The van der Waals surface area contributed by atoms with Crippen LogP contribution < -0.4 is 0 Å². The van der Waals surface area contributed by atoms with E-state index in [0.29, 0.717) is 5.92 Å². The molecule has 4 heteroatoms. The van der Waals surface area contributed by atoms with Gasteiger partial charge in [-0.1, -0.05) is 38.1 Å². The molecule has 0 fully saturated rings. The number of halogens is 1. The summed E-state index contributed by atoms with van der Waals surface area (Å²) in [5, 5.41) is 14.9. The van der Waals surface area contributed by atoms with Gasteiger partial charge in [-0.25, -0.2) is 0 Å². The predicted molar refractivity (Wildman–Crippen MR) is 84.9 cm³/mol. The molecule has 0 aliphatic heterocycles. The summed E-state index contributed by atoms with van der Waals surface area (Å²) in [4.78, 5) is 0. The number of aliphatic hydroxyl groups excluding tert-OH is 1. The van der Waals surface area contributed by atoms with Crippen molar-refractivity contribution in [2.75, 3.05) is 0 Å². The number of aliphatic hydroxyl groups is 1. The van der Waals surface area contributed by atoms with Crippen LogP contribution in [0.4, 0.5) is 0 Å². The Bertz CT molecular complexity index is 573. The van der Waals surface area contributed by atoms with Crippen LogP contribution in [0.5, 0.6) is 0 Å². The maximum atomic E-state index is 10.6. The average Bonchev–Trinajstić information content (AvgIpc) is 2.80. The molecule has 0 radical (unpaired) electrons. The summed E-state index contributed by atoms with van der Waals surface area (Å²) in [6.07, 6.45) is 1.07. The molecule has 0 bridgehead atoms. The Labute approximate surface area is 128 Å². The van der Waals surface area contributed by atoms with Gasteiger partial charge in [-0.05, 0) is 46.8 Å². The molecule has 0 aliphatic carbocycles. The molecule has 0 spiro atoms. The molecule has 3 nitrogen and oxygen atoms in total. The van der Waals surface area contributed by atoms with E-state index in [9.17, 15) is 5.11 Å².